The van der Waals surface area contributed by atoms with E-state index >= 15 is 0 Å². The summed E-state index contributed by atoms with van der Waals surface area (Å²) in [6, 6.07) is 57.5. The Hall–Kier alpha value is -6.91. The quantitative estimate of drug-likeness (QED) is 0.178. The molecule has 0 aliphatic heterocycles. The molecule has 0 N–H and O–H groups in total. The predicted octanol–water partition coefficient (Wildman–Crippen LogP) is 12.4. The van der Waals surface area contributed by atoms with Gasteiger partial charge in [0.15, 0.2) is 5.58 Å². The summed E-state index contributed by atoms with van der Waals surface area (Å²) in [5, 5.41) is 4.72. The zero-order chi connectivity index (χ0) is 33.5. The van der Waals surface area contributed by atoms with E-state index in [0.717, 1.165) is 61.0 Å². The van der Waals surface area contributed by atoms with E-state index in [2.05, 4.69) is 132 Å². The van der Waals surface area contributed by atoms with Crippen molar-refractivity contribution in [1.82, 2.24) is 15.0 Å². The van der Waals surface area contributed by atoms with Crippen LogP contribution in [0, 0.1) is 0 Å². The molecule has 4 heteroatoms. The molecule has 0 amide bonds. The summed E-state index contributed by atoms with van der Waals surface area (Å²) < 4.78 is 5.99. The van der Waals surface area contributed by atoms with Gasteiger partial charge in [0, 0.05) is 27.5 Å². The Morgan fingerprint density at radius 2 is 0.961 bits per heavy atom. The third-order valence-electron chi connectivity index (χ3n) is 10.3. The van der Waals surface area contributed by atoms with Gasteiger partial charge in [-0.05, 0) is 86.6 Å². The lowest BCUT2D eigenvalue weighted by Crippen LogP contribution is -1.91. The number of benzene rings is 7. The number of aromatic nitrogens is 3. The number of para-hydroxylation sites is 2. The number of rotatable bonds is 4. The average molecular weight is 650 g/mol. The molecule has 1 aliphatic rings. The van der Waals surface area contributed by atoms with Crippen LogP contribution in [0.3, 0.4) is 0 Å². The minimum atomic E-state index is 0.611. The maximum absolute atomic E-state index is 5.99. The van der Waals surface area contributed by atoms with Crippen molar-refractivity contribution in [2.24, 2.45) is 0 Å². The van der Waals surface area contributed by atoms with Gasteiger partial charge in [0.1, 0.15) is 5.52 Å². The molecule has 0 fully saturated rings. The highest BCUT2D eigenvalue weighted by Gasteiger charge is 2.22. The first kappa shape index (κ1) is 28.0. The minimum Gasteiger partial charge on any atom is -0.436 e. The Labute approximate surface area is 293 Å². The van der Waals surface area contributed by atoms with E-state index in [0.29, 0.717) is 5.89 Å². The lowest BCUT2D eigenvalue weighted by Gasteiger charge is -2.12. The highest BCUT2D eigenvalue weighted by Crippen LogP contribution is 2.49. The van der Waals surface area contributed by atoms with Crippen LogP contribution in [0.2, 0.25) is 0 Å². The van der Waals surface area contributed by atoms with E-state index in [1.807, 2.05) is 36.4 Å². The van der Waals surface area contributed by atoms with Crippen LogP contribution in [-0.4, -0.2) is 15.0 Å². The molecule has 1 aliphatic carbocycles. The summed E-state index contributed by atoms with van der Waals surface area (Å²) in [7, 11) is 0. The summed E-state index contributed by atoms with van der Waals surface area (Å²) in [6.45, 7) is 0. The van der Waals surface area contributed by atoms with E-state index in [1.165, 1.54) is 44.2 Å². The molecule has 3 heterocycles. The largest absolute Gasteiger partial charge is 0.436 e. The molecule has 0 bridgehead atoms. The number of fused-ring (bicyclic) bond motifs is 7. The van der Waals surface area contributed by atoms with Crippen molar-refractivity contribution >= 4 is 43.7 Å². The lowest BCUT2D eigenvalue weighted by molar-refractivity contribution is 0.620. The Balaban J connectivity index is 0.978. The zero-order valence-corrected chi connectivity index (χ0v) is 27.3. The van der Waals surface area contributed by atoms with Gasteiger partial charge in [-0.2, -0.15) is 0 Å². The fourth-order valence-corrected chi connectivity index (χ4v) is 7.77. The normalized spacial score (nSPS) is 11.9. The Morgan fingerprint density at radius 3 is 1.73 bits per heavy atom. The van der Waals surface area contributed by atoms with Crippen molar-refractivity contribution < 1.29 is 4.42 Å². The van der Waals surface area contributed by atoms with Crippen LogP contribution in [0.1, 0.15) is 0 Å². The predicted molar refractivity (Wildman–Crippen MR) is 208 cm³/mol. The van der Waals surface area contributed by atoms with E-state index in [9.17, 15) is 0 Å². The van der Waals surface area contributed by atoms with Gasteiger partial charge in [-0.1, -0.05) is 121 Å². The second kappa shape index (κ2) is 10.8. The van der Waals surface area contributed by atoms with Crippen LogP contribution in [0.25, 0.3) is 111 Å². The fourth-order valence-electron chi connectivity index (χ4n) is 7.77. The van der Waals surface area contributed by atoms with Gasteiger partial charge < -0.3 is 4.42 Å². The molecule has 10 aromatic rings. The van der Waals surface area contributed by atoms with Gasteiger partial charge in [0.25, 0.3) is 0 Å². The number of nitrogens with zero attached hydrogens (tertiary/aromatic N) is 3. The molecular formula is C47H27N3O. The van der Waals surface area contributed by atoms with Crippen LogP contribution in [-0.2, 0) is 0 Å². The van der Waals surface area contributed by atoms with Crippen LogP contribution in [0.5, 0.6) is 0 Å². The van der Waals surface area contributed by atoms with Gasteiger partial charge in [-0.25, -0.2) is 15.0 Å². The summed E-state index contributed by atoms with van der Waals surface area (Å²) in [4.78, 5) is 15.1. The summed E-state index contributed by atoms with van der Waals surface area (Å²) in [5.41, 5.74) is 15.9. The van der Waals surface area contributed by atoms with E-state index in [-0.39, 0.29) is 0 Å². The van der Waals surface area contributed by atoms with E-state index < -0.39 is 0 Å². The second-order valence-electron chi connectivity index (χ2n) is 13.2. The van der Waals surface area contributed by atoms with Gasteiger partial charge in [0.2, 0.25) is 5.89 Å². The summed E-state index contributed by atoms with van der Waals surface area (Å²) >= 11 is 0. The number of hydrogen-bond acceptors (Lipinski definition) is 4. The molecule has 7 aromatic carbocycles. The molecule has 0 atom stereocenters. The number of pyridine rings is 2. The molecule has 0 spiro atoms. The molecule has 3 aromatic heterocycles. The topological polar surface area (TPSA) is 51.8 Å². The molecule has 0 radical (unpaired) electrons. The van der Waals surface area contributed by atoms with Gasteiger partial charge in [-0.3, -0.25) is 0 Å². The Bertz CT molecular complexity index is 2970. The van der Waals surface area contributed by atoms with Crippen LogP contribution in [0.15, 0.2) is 168 Å². The highest BCUT2D eigenvalue weighted by atomic mass is 16.3. The molecular weight excluding hydrogens is 623 g/mol. The molecule has 0 saturated carbocycles. The van der Waals surface area contributed by atoms with Crippen molar-refractivity contribution in [1.29, 1.82) is 0 Å². The lowest BCUT2D eigenvalue weighted by atomic mass is 9.93. The standard InChI is InChI=1S/C47H27N3O/c1-2-10-36-35(9-1)38-12-6-11-37-34(23-24-39(36)44(37)38)32-7-5-8-33(27-32)41-26-22-30-18-17-29-21-25-40(48-45(29)46(30)49-41)28-15-19-31(20-16-28)47-50-42-13-3-4-14-43(42)51-47/h1-27H. The first-order valence-electron chi connectivity index (χ1n) is 17.2. The molecule has 51 heavy (non-hydrogen) atoms. The maximum Gasteiger partial charge on any atom is 0.227 e. The van der Waals surface area contributed by atoms with Gasteiger partial charge in [0.05, 0.1) is 22.4 Å². The Morgan fingerprint density at radius 1 is 0.373 bits per heavy atom. The molecule has 4 nitrogen and oxygen atoms in total. The maximum atomic E-state index is 5.99. The van der Waals surface area contributed by atoms with Crippen LogP contribution in [0.4, 0.5) is 0 Å². The molecule has 11 rings (SSSR count). The second-order valence-corrected chi connectivity index (χ2v) is 13.2. The third kappa shape index (κ3) is 4.37. The average Bonchev–Trinajstić information content (AvgIpc) is 3.78. The first-order chi connectivity index (χ1) is 25.2. The first-order valence-corrected chi connectivity index (χ1v) is 17.2. The summed E-state index contributed by atoms with van der Waals surface area (Å²) in [5.74, 6) is 0.611. The third-order valence-corrected chi connectivity index (χ3v) is 10.3. The van der Waals surface area contributed by atoms with E-state index in [1.54, 1.807) is 0 Å². The monoisotopic (exact) mass is 649 g/mol. The van der Waals surface area contributed by atoms with Crippen molar-refractivity contribution in [3.63, 3.8) is 0 Å². The fraction of sp³-hybridized carbons (Fsp3) is 0. The minimum absolute atomic E-state index is 0.611. The summed E-state index contributed by atoms with van der Waals surface area (Å²) in [6.07, 6.45) is 0. The van der Waals surface area contributed by atoms with Crippen molar-refractivity contribution in [3.05, 3.63) is 164 Å². The van der Waals surface area contributed by atoms with Crippen molar-refractivity contribution in [2.75, 3.05) is 0 Å². The van der Waals surface area contributed by atoms with Crippen molar-refractivity contribution in [3.8, 4) is 67.3 Å². The van der Waals surface area contributed by atoms with Gasteiger partial charge in [-0.15, -0.1) is 0 Å². The zero-order valence-electron chi connectivity index (χ0n) is 27.3. The number of oxazole rings is 1. The number of hydrogen-bond donors (Lipinski definition) is 0. The van der Waals surface area contributed by atoms with Crippen LogP contribution >= 0.6 is 0 Å². The molecule has 236 valence electrons. The van der Waals surface area contributed by atoms with Crippen LogP contribution < -0.4 is 0 Å². The highest BCUT2D eigenvalue weighted by molar-refractivity contribution is 6.18. The van der Waals surface area contributed by atoms with E-state index in [4.69, 9.17) is 14.4 Å². The van der Waals surface area contributed by atoms with Gasteiger partial charge >= 0.3 is 0 Å². The Kier molecular flexibility index (Phi) is 5.92. The molecule has 0 saturated heterocycles. The smallest absolute Gasteiger partial charge is 0.227 e. The SMILES string of the molecule is c1cc(-c2ccc3ccc4ccc(-c5ccc(-c6nc7ccccc7o6)cc5)nc4c3n2)cc(-c2ccc3c4c(cccc24)-c2ccccc2-3)c1. The molecule has 0 unspecified atom stereocenters. The van der Waals surface area contributed by atoms with Crippen molar-refractivity contribution in [2.45, 2.75) is 0 Å².